The number of hydrogen-bond donors (Lipinski definition) is 13. The second-order valence-electron chi connectivity index (χ2n) is 19.6. The molecule has 0 aromatic carbocycles. The first-order valence-corrected chi connectivity index (χ1v) is 22.1. The van der Waals surface area contributed by atoms with Crippen LogP contribution in [0.3, 0.4) is 0 Å². The first kappa shape index (κ1) is 49.4. The zero-order valence-corrected chi connectivity index (χ0v) is 35.7. The lowest BCUT2D eigenvalue weighted by atomic mass is 9.41. The quantitative estimate of drug-likeness (QED) is 0.0446. The van der Waals surface area contributed by atoms with Crippen LogP contribution in [0.25, 0.3) is 0 Å². The number of aliphatic hydroxyl groups excluding tert-OH is 13. The highest BCUT2D eigenvalue weighted by molar-refractivity contribution is 5.77. The first-order chi connectivity index (χ1) is 29.7. The van der Waals surface area contributed by atoms with E-state index < -0.39 is 154 Å². The maximum Gasteiger partial charge on any atom is 0.312 e. The van der Waals surface area contributed by atoms with Gasteiger partial charge in [0.15, 0.2) is 18.9 Å². The van der Waals surface area contributed by atoms with Crippen molar-refractivity contribution in [3.8, 4) is 0 Å². The maximum atomic E-state index is 13.8. The van der Waals surface area contributed by atoms with Gasteiger partial charge in [0.05, 0.1) is 37.4 Å². The molecule has 0 unspecified atom stereocenters. The molecule has 63 heavy (non-hydrogen) atoms. The summed E-state index contributed by atoms with van der Waals surface area (Å²) in [7, 11) is 0. The van der Waals surface area contributed by atoms with Crippen molar-refractivity contribution in [1.29, 1.82) is 0 Å². The fourth-order valence-corrected chi connectivity index (χ4v) is 12.6. The van der Waals surface area contributed by atoms with Crippen molar-refractivity contribution < 1.29 is 104 Å². The zero-order valence-electron chi connectivity index (χ0n) is 35.7. The third-order valence-corrected chi connectivity index (χ3v) is 16.0. The molecule has 3 saturated heterocycles. The van der Waals surface area contributed by atoms with Gasteiger partial charge in [-0.2, -0.15) is 0 Å². The molecule has 362 valence electrons. The summed E-state index contributed by atoms with van der Waals surface area (Å²) in [5.74, 6) is -0.463. The molecule has 21 heteroatoms. The van der Waals surface area contributed by atoms with Crippen molar-refractivity contribution >= 4 is 5.97 Å². The number of hydrogen-bond acceptors (Lipinski definition) is 21. The molecule has 4 saturated carbocycles. The van der Waals surface area contributed by atoms with Gasteiger partial charge in [0.25, 0.3) is 0 Å². The van der Waals surface area contributed by atoms with Crippen LogP contribution in [0.1, 0.15) is 71.6 Å². The minimum atomic E-state index is -1.94. The molecule has 13 N–H and O–H groups in total. The Hall–Kier alpha value is -1.55. The van der Waals surface area contributed by atoms with Gasteiger partial charge in [0.1, 0.15) is 92.1 Å². The van der Waals surface area contributed by atoms with Crippen LogP contribution in [0.15, 0.2) is 12.2 Å². The van der Waals surface area contributed by atoms with E-state index in [1.54, 1.807) is 0 Å². The van der Waals surface area contributed by atoms with Gasteiger partial charge in [-0.3, -0.25) is 4.79 Å². The lowest BCUT2D eigenvalue weighted by molar-refractivity contribution is -0.400. The van der Waals surface area contributed by atoms with E-state index in [1.165, 1.54) is 0 Å². The molecule has 0 radical (unpaired) electrons. The molecular formula is C42H68O21. The van der Waals surface area contributed by atoms with Crippen LogP contribution < -0.4 is 0 Å². The van der Waals surface area contributed by atoms with Crippen molar-refractivity contribution in [2.45, 2.75) is 182 Å². The van der Waals surface area contributed by atoms with Crippen molar-refractivity contribution in [3.05, 3.63) is 12.2 Å². The van der Waals surface area contributed by atoms with Crippen LogP contribution in [0.5, 0.6) is 0 Å². The Morgan fingerprint density at radius 2 is 1.22 bits per heavy atom. The average Bonchev–Trinajstić information content (AvgIpc) is 3.46. The molecular weight excluding hydrogens is 840 g/mol. The second kappa shape index (κ2) is 18.9. The molecule has 0 aromatic heterocycles. The number of carbonyl (C=O) groups excluding carboxylic acids is 1. The molecule has 7 rings (SSSR count). The summed E-state index contributed by atoms with van der Waals surface area (Å²) in [5, 5.41) is 135. The first-order valence-electron chi connectivity index (χ1n) is 22.1. The Balaban J connectivity index is 1.17. The van der Waals surface area contributed by atoms with E-state index in [0.717, 1.165) is 18.4 Å². The summed E-state index contributed by atoms with van der Waals surface area (Å²) in [6, 6.07) is 0. The maximum absolute atomic E-state index is 13.8. The van der Waals surface area contributed by atoms with Crippen molar-refractivity contribution in [2.24, 2.45) is 28.1 Å². The summed E-state index contributed by atoms with van der Waals surface area (Å²) >= 11 is 0. The standard InChI is InChI=1S/C42H68O21/c1-18-11-41-9-5-24-39(2,7-4-8-40(24,3)38(56)57-16-20(48)19(47)12-43)25(41)6-10-42(18,17-41)63-37-34(62-36-32(55)30(53)27(50)22(14-45)59-36)33(28(51)23(15-46)60-37)61-35-31(54)29(52)26(49)21(13-44)58-35/h19-37,43-55H,1,4-17H2,2-3H3/t19-,20+,21-,22-,23-,24+,25+,26-,27-,28-,29+,30+,31-,32-,33+,34-,35+,36+,37+,39-,40-,41-,42+/m1/s1. The van der Waals surface area contributed by atoms with Crippen LogP contribution in [0, 0.1) is 28.1 Å². The molecule has 21 nitrogen and oxygen atoms in total. The third kappa shape index (κ3) is 8.55. The number of rotatable bonds is 14. The van der Waals surface area contributed by atoms with E-state index in [1.807, 2.05) is 6.92 Å². The summed E-state index contributed by atoms with van der Waals surface area (Å²) in [4.78, 5) is 13.8. The fourth-order valence-electron chi connectivity index (χ4n) is 12.6. The lowest BCUT2D eigenvalue weighted by Crippen LogP contribution is -2.68. The molecule has 3 aliphatic heterocycles. The van der Waals surface area contributed by atoms with Crippen molar-refractivity contribution in [2.75, 3.05) is 33.0 Å². The molecule has 7 fully saturated rings. The third-order valence-electron chi connectivity index (χ3n) is 16.0. The number of aliphatic hydroxyl groups is 13. The van der Waals surface area contributed by atoms with Gasteiger partial charge in [-0.15, -0.1) is 0 Å². The smallest absolute Gasteiger partial charge is 0.312 e. The minimum Gasteiger partial charge on any atom is -0.462 e. The average molecular weight is 909 g/mol. The highest BCUT2D eigenvalue weighted by Crippen LogP contribution is 2.73. The van der Waals surface area contributed by atoms with Gasteiger partial charge in [-0.05, 0) is 86.5 Å². The molecule has 2 bridgehead atoms. The highest BCUT2D eigenvalue weighted by Gasteiger charge is 2.69. The lowest BCUT2D eigenvalue weighted by Gasteiger charge is -2.64. The normalized spacial score (nSPS) is 50.9. The zero-order chi connectivity index (χ0) is 46.0. The largest absolute Gasteiger partial charge is 0.462 e. The van der Waals surface area contributed by atoms with Crippen molar-refractivity contribution in [1.82, 2.24) is 0 Å². The monoisotopic (exact) mass is 908 g/mol. The molecule has 0 aromatic rings. The van der Waals surface area contributed by atoms with Crippen LogP contribution in [0.2, 0.25) is 0 Å². The molecule has 1 spiro atoms. The van der Waals surface area contributed by atoms with Crippen molar-refractivity contribution in [3.63, 3.8) is 0 Å². The van der Waals surface area contributed by atoms with E-state index in [0.29, 0.717) is 44.9 Å². The van der Waals surface area contributed by atoms with E-state index in [4.69, 9.17) is 33.2 Å². The highest BCUT2D eigenvalue weighted by atomic mass is 16.8. The fraction of sp³-hybridized carbons (Fsp3) is 0.929. The van der Waals surface area contributed by atoms with E-state index in [2.05, 4.69) is 13.5 Å². The van der Waals surface area contributed by atoms with E-state index in [9.17, 15) is 71.2 Å². The molecule has 0 amide bonds. The number of esters is 1. The van der Waals surface area contributed by atoms with Crippen LogP contribution in [0.4, 0.5) is 0 Å². The predicted molar refractivity (Wildman–Crippen MR) is 209 cm³/mol. The minimum absolute atomic E-state index is 0.0887. The number of fused-ring (bicyclic) bond motifs is 3. The molecule has 23 atom stereocenters. The van der Waals surface area contributed by atoms with Gasteiger partial charge >= 0.3 is 5.97 Å². The Labute approximate surface area is 364 Å². The van der Waals surface area contributed by atoms with E-state index in [-0.39, 0.29) is 22.7 Å². The summed E-state index contributed by atoms with van der Waals surface area (Å²) in [6.45, 7) is 5.09. The topological polar surface area (TPSA) is 345 Å². The van der Waals surface area contributed by atoms with E-state index >= 15 is 0 Å². The van der Waals surface area contributed by atoms with Gasteiger partial charge < -0.3 is 99.5 Å². The van der Waals surface area contributed by atoms with Gasteiger partial charge in [-0.1, -0.05) is 19.9 Å². The predicted octanol–water partition coefficient (Wildman–Crippen LogP) is -4.20. The SMILES string of the molecule is C=C1C[C@@]23CC[C@H]4[C@@](C)(CCC[C@@]4(C)C(=O)OC[C@H](O)[C@H](O)CO)[C@@H]2CC[C@]1(O[C@@H]1O[C@H](CO)[C@@H](O)[C@H](O[C@@H]2O[C@H](CO)[C@@H](O)[C@H](O)[C@H]2O)[C@H]1O[C@@H]1O[C@H](CO)[C@@H](O)[C@H](O)[C@H]1O)C3. The van der Waals surface area contributed by atoms with Crippen LogP contribution >= 0.6 is 0 Å². The number of carbonyl (C=O) groups is 1. The summed E-state index contributed by atoms with van der Waals surface area (Å²) < 4.78 is 42.4. The Morgan fingerprint density at radius 1 is 0.683 bits per heavy atom. The summed E-state index contributed by atoms with van der Waals surface area (Å²) in [5.41, 5.74) is -1.95. The molecule has 7 aliphatic rings. The summed E-state index contributed by atoms with van der Waals surface area (Å²) in [6.07, 6.45) is -23.2. The van der Waals surface area contributed by atoms with Gasteiger partial charge in [0.2, 0.25) is 0 Å². The molecule has 3 heterocycles. The van der Waals surface area contributed by atoms with Crippen LogP contribution in [-0.2, 0) is 38.0 Å². The van der Waals surface area contributed by atoms with Gasteiger partial charge in [-0.25, -0.2) is 0 Å². The second-order valence-corrected chi connectivity index (χ2v) is 19.6. The number of ether oxygens (including phenoxy) is 7. The Bertz CT molecular complexity index is 1600. The van der Waals surface area contributed by atoms with Gasteiger partial charge in [0, 0.05) is 0 Å². The molecule has 4 aliphatic carbocycles. The van der Waals surface area contributed by atoms with Crippen LogP contribution in [-0.4, -0.2) is 215 Å². The Kier molecular flexibility index (Phi) is 14.8. The Morgan fingerprint density at radius 3 is 1.79 bits per heavy atom.